The van der Waals surface area contributed by atoms with Gasteiger partial charge in [0.1, 0.15) is 0 Å². The predicted octanol–water partition coefficient (Wildman–Crippen LogP) is 2.53. The smallest absolute Gasteiger partial charge is 0.251 e. The summed E-state index contributed by atoms with van der Waals surface area (Å²) in [6.07, 6.45) is 6.76. The van der Waals surface area contributed by atoms with Crippen LogP contribution in [-0.4, -0.2) is 60.9 Å². The average Bonchev–Trinajstić information content (AvgIpc) is 3.50. The molecule has 1 spiro atoms. The number of rotatable bonds is 6. The van der Waals surface area contributed by atoms with Crippen LogP contribution in [0.2, 0.25) is 0 Å². The van der Waals surface area contributed by atoms with Gasteiger partial charge in [-0.2, -0.15) is 0 Å². The zero-order valence-corrected chi connectivity index (χ0v) is 16.2. The van der Waals surface area contributed by atoms with E-state index in [1.54, 1.807) is 0 Å². The highest BCUT2D eigenvalue weighted by Gasteiger charge is 2.42. The number of piperidine rings is 2. The summed E-state index contributed by atoms with van der Waals surface area (Å²) in [6.45, 7) is 5.64. The lowest BCUT2D eigenvalue weighted by Gasteiger charge is -2.48. The minimum Gasteiger partial charge on any atom is -0.351 e. The van der Waals surface area contributed by atoms with Crippen molar-refractivity contribution in [3.63, 3.8) is 0 Å². The van der Waals surface area contributed by atoms with Gasteiger partial charge < -0.3 is 15.1 Å². The zero-order valence-electron chi connectivity index (χ0n) is 16.2. The lowest BCUT2D eigenvalue weighted by Crippen LogP contribution is -2.55. The molecule has 1 aliphatic carbocycles. The molecule has 3 aliphatic rings. The van der Waals surface area contributed by atoms with Gasteiger partial charge in [-0.15, -0.1) is 0 Å². The van der Waals surface area contributed by atoms with Crippen molar-refractivity contribution in [2.24, 2.45) is 11.3 Å². The van der Waals surface area contributed by atoms with Crippen LogP contribution in [0.3, 0.4) is 0 Å². The second-order valence-corrected chi connectivity index (χ2v) is 8.72. The van der Waals surface area contributed by atoms with Gasteiger partial charge in [-0.1, -0.05) is 18.2 Å². The van der Waals surface area contributed by atoms with Crippen LogP contribution >= 0.6 is 0 Å². The monoisotopic (exact) mass is 369 g/mol. The third kappa shape index (κ3) is 4.70. The summed E-state index contributed by atoms with van der Waals surface area (Å²) < 4.78 is 0. The third-order valence-electron chi connectivity index (χ3n) is 6.41. The van der Waals surface area contributed by atoms with E-state index in [1.807, 2.05) is 30.3 Å². The summed E-state index contributed by atoms with van der Waals surface area (Å²) >= 11 is 0. The van der Waals surface area contributed by atoms with Gasteiger partial charge in [0, 0.05) is 50.1 Å². The molecule has 5 nitrogen and oxygen atoms in total. The molecule has 1 aromatic carbocycles. The Morgan fingerprint density at radius 2 is 1.96 bits per heavy atom. The molecule has 27 heavy (non-hydrogen) atoms. The molecule has 0 bridgehead atoms. The summed E-state index contributed by atoms with van der Waals surface area (Å²) in [7, 11) is 0. The second-order valence-electron chi connectivity index (χ2n) is 8.72. The van der Waals surface area contributed by atoms with Gasteiger partial charge >= 0.3 is 0 Å². The highest BCUT2D eigenvalue weighted by molar-refractivity contribution is 5.94. The number of hydrogen-bond donors (Lipinski definition) is 1. The quantitative estimate of drug-likeness (QED) is 0.838. The Balaban J connectivity index is 1.27. The van der Waals surface area contributed by atoms with Gasteiger partial charge in [0.2, 0.25) is 5.91 Å². The molecule has 4 rings (SSSR count). The van der Waals surface area contributed by atoms with Gasteiger partial charge in [-0.05, 0) is 56.7 Å². The van der Waals surface area contributed by atoms with E-state index in [-0.39, 0.29) is 11.3 Å². The molecule has 2 saturated heterocycles. The van der Waals surface area contributed by atoms with Gasteiger partial charge in [-0.3, -0.25) is 9.59 Å². The van der Waals surface area contributed by atoms with Crippen molar-refractivity contribution in [2.45, 2.75) is 38.5 Å². The Hall–Kier alpha value is -1.88. The molecule has 2 heterocycles. The molecule has 2 amide bonds. The van der Waals surface area contributed by atoms with Crippen molar-refractivity contribution in [2.75, 3.05) is 39.3 Å². The lowest BCUT2D eigenvalue weighted by atomic mass is 9.73. The van der Waals surface area contributed by atoms with E-state index in [2.05, 4.69) is 15.1 Å². The minimum absolute atomic E-state index is 0.00111. The number of nitrogens with zero attached hydrogens (tertiary/aromatic N) is 2. The normalized spacial score (nSPS) is 26.4. The minimum atomic E-state index is 0.00111. The van der Waals surface area contributed by atoms with E-state index in [4.69, 9.17) is 0 Å². The highest BCUT2D eigenvalue weighted by atomic mass is 16.2. The number of carbonyl (C=O) groups excluding carboxylic acids is 2. The van der Waals surface area contributed by atoms with Gasteiger partial charge in [-0.25, -0.2) is 0 Å². The molecule has 0 radical (unpaired) electrons. The fourth-order valence-corrected chi connectivity index (χ4v) is 4.73. The van der Waals surface area contributed by atoms with Gasteiger partial charge in [0.25, 0.3) is 5.91 Å². The number of amides is 2. The van der Waals surface area contributed by atoms with Crippen LogP contribution in [-0.2, 0) is 4.79 Å². The van der Waals surface area contributed by atoms with Crippen LogP contribution < -0.4 is 5.32 Å². The first kappa shape index (κ1) is 18.5. The molecular formula is C22H31N3O2. The SMILES string of the molecule is O=C(NCCN1CCCC2(CCC(=O)N(CC3CC3)C2)C1)c1ccccc1. The first-order valence-electron chi connectivity index (χ1n) is 10.5. The van der Waals surface area contributed by atoms with Crippen LogP contribution in [0, 0.1) is 11.3 Å². The maximum absolute atomic E-state index is 12.3. The summed E-state index contributed by atoms with van der Waals surface area (Å²) in [5, 5.41) is 3.04. The summed E-state index contributed by atoms with van der Waals surface area (Å²) in [6, 6.07) is 9.39. The largest absolute Gasteiger partial charge is 0.351 e. The molecule has 1 aromatic rings. The van der Waals surface area contributed by atoms with E-state index in [9.17, 15) is 9.59 Å². The molecule has 146 valence electrons. The summed E-state index contributed by atoms with van der Waals surface area (Å²) in [5.74, 6) is 1.12. The highest BCUT2D eigenvalue weighted by Crippen LogP contribution is 2.40. The second kappa shape index (κ2) is 8.01. The number of hydrogen-bond acceptors (Lipinski definition) is 3. The van der Waals surface area contributed by atoms with E-state index < -0.39 is 0 Å². The van der Waals surface area contributed by atoms with Crippen molar-refractivity contribution < 1.29 is 9.59 Å². The van der Waals surface area contributed by atoms with Crippen molar-refractivity contribution in [3.8, 4) is 0 Å². The van der Waals surface area contributed by atoms with E-state index in [0.29, 0.717) is 24.4 Å². The summed E-state index contributed by atoms with van der Waals surface area (Å²) in [4.78, 5) is 29.1. The maximum Gasteiger partial charge on any atom is 0.251 e. The van der Waals surface area contributed by atoms with Gasteiger partial charge in [0.05, 0.1) is 0 Å². The van der Waals surface area contributed by atoms with E-state index in [1.165, 1.54) is 25.7 Å². The molecule has 0 aromatic heterocycles. The number of carbonyl (C=O) groups is 2. The van der Waals surface area contributed by atoms with E-state index >= 15 is 0 Å². The zero-order chi connectivity index (χ0) is 18.7. The number of nitrogens with one attached hydrogen (secondary N) is 1. The van der Waals surface area contributed by atoms with Crippen molar-refractivity contribution >= 4 is 11.8 Å². The Morgan fingerprint density at radius 1 is 1.15 bits per heavy atom. The van der Waals surface area contributed by atoms with Crippen LogP contribution in [0.15, 0.2) is 30.3 Å². The number of likely N-dealkylation sites (tertiary alicyclic amines) is 2. The van der Waals surface area contributed by atoms with E-state index in [0.717, 1.165) is 45.1 Å². The Kier molecular flexibility index (Phi) is 5.48. The van der Waals surface area contributed by atoms with Crippen molar-refractivity contribution in [1.29, 1.82) is 0 Å². The lowest BCUT2D eigenvalue weighted by molar-refractivity contribution is -0.139. The van der Waals surface area contributed by atoms with Gasteiger partial charge in [0.15, 0.2) is 0 Å². The molecule has 1 saturated carbocycles. The Bertz CT molecular complexity index is 673. The first-order chi connectivity index (χ1) is 13.1. The van der Waals surface area contributed by atoms with Crippen LogP contribution in [0.5, 0.6) is 0 Å². The van der Waals surface area contributed by atoms with Crippen LogP contribution in [0.4, 0.5) is 0 Å². The molecule has 1 unspecified atom stereocenters. The molecule has 1 N–H and O–H groups in total. The fourth-order valence-electron chi connectivity index (χ4n) is 4.73. The Morgan fingerprint density at radius 3 is 2.74 bits per heavy atom. The summed E-state index contributed by atoms with van der Waals surface area (Å²) in [5.41, 5.74) is 0.985. The molecule has 2 aliphatic heterocycles. The predicted molar refractivity (Wildman–Crippen MR) is 105 cm³/mol. The standard InChI is InChI=1S/C22H31N3O2/c26-20-9-11-22(17-25(20)15-18-7-8-18)10-4-13-24(16-22)14-12-23-21(27)19-5-2-1-3-6-19/h1-3,5-6,18H,4,7-17H2,(H,23,27). The van der Waals surface area contributed by atoms with Crippen LogP contribution in [0.25, 0.3) is 0 Å². The first-order valence-corrected chi connectivity index (χ1v) is 10.5. The van der Waals surface area contributed by atoms with Crippen molar-refractivity contribution in [1.82, 2.24) is 15.1 Å². The van der Waals surface area contributed by atoms with Crippen LogP contribution in [0.1, 0.15) is 48.9 Å². The average molecular weight is 370 g/mol. The molecular weight excluding hydrogens is 338 g/mol. The maximum atomic E-state index is 12.3. The Labute approximate surface area is 162 Å². The number of benzene rings is 1. The molecule has 3 fully saturated rings. The van der Waals surface area contributed by atoms with Crippen molar-refractivity contribution in [3.05, 3.63) is 35.9 Å². The third-order valence-corrected chi connectivity index (χ3v) is 6.41. The molecule has 1 atom stereocenters. The fraction of sp³-hybridized carbons (Fsp3) is 0.636. The molecule has 5 heteroatoms. The topological polar surface area (TPSA) is 52.7 Å².